The van der Waals surface area contributed by atoms with Gasteiger partial charge in [0, 0.05) is 14.0 Å². The van der Waals surface area contributed by atoms with E-state index in [2.05, 4.69) is 5.10 Å². The first-order chi connectivity index (χ1) is 8.61. The van der Waals surface area contributed by atoms with Gasteiger partial charge >= 0.3 is 5.97 Å². The van der Waals surface area contributed by atoms with Gasteiger partial charge in [0.15, 0.2) is 0 Å². The zero-order valence-electron chi connectivity index (χ0n) is 11.7. The Morgan fingerprint density at radius 3 is 2.53 bits per heavy atom. The molecule has 0 aromatic carbocycles. The number of aromatic nitrogens is 3. The molecule has 1 amide bonds. The van der Waals surface area contributed by atoms with E-state index in [1.54, 1.807) is 27.8 Å². The molecule has 19 heavy (non-hydrogen) atoms. The molecule has 0 aliphatic rings. The molecule has 1 aromatic heterocycles. The summed E-state index contributed by atoms with van der Waals surface area (Å²) in [6.07, 6.45) is 1.38. The van der Waals surface area contributed by atoms with Gasteiger partial charge in [-0.3, -0.25) is 9.59 Å². The highest BCUT2D eigenvalue weighted by Crippen LogP contribution is 2.07. The van der Waals surface area contributed by atoms with Crippen molar-refractivity contribution in [2.24, 2.45) is 0 Å². The molecule has 0 aliphatic heterocycles. The summed E-state index contributed by atoms with van der Waals surface area (Å²) in [5.41, 5.74) is -0.558. The van der Waals surface area contributed by atoms with Crippen molar-refractivity contribution in [3.8, 4) is 0 Å². The molecule has 0 spiro atoms. The summed E-state index contributed by atoms with van der Waals surface area (Å²) in [6, 6.07) is 0. The largest absolute Gasteiger partial charge is 0.459 e. The highest BCUT2D eigenvalue weighted by molar-refractivity contribution is 7.71. The van der Waals surface area contributed by atoms with Crippen LogP contribution in [0.25, 0.3) is 0 Å². The normalized spacial score (nSPS) is 11.2. The Morgan fingerprint density at radius 2 is 2.05 bits per heavy atom. The van der Waals surface area contributed by atoms with E-state index in [1.807, 2.05) is 0 Å². The summed E-state index contributed by atoms with van der Waals surface area (Å²) in [5, 5.41) is 5.28. The number of carbonyl (C=O) groups excluding carboxylic acids is 2. The fourth-order valence-electron chi connectivity index (χ4n) is 1.29. The Balaban J connectivity index is 2.85. The SMILES string of the molecule is CC(=O)N(C)n1cnn(CC(=O)OC(C)(C)C)c1=S. The van der Waals surface area contributed by atoms with Gasteiger partial charge in [-0.05, 0) is 33.0 Å². The second-order valence-electron chi connectivity index (χ2n) is 5.04. The van der Waals surface area contributed by atoms with Crippen molar-refractivity contribution in [2.45, 2.75) is 39.8 Å². The Kier molecular flexibility index (Phi) is 4.46. The first kappa shape index (κ1) is 15.4. The van der Waals surface area contributed by atoms with Crippen LogP contribution in [0.4, 0.5) is 0 Å². The first-order valence-electron chi connectivity index (χ1n) is 5.72. The molecule has 1 rings (SSSR count). The lowest BCUT2D eigenvalue weighted by atomic mass is 10.2. The van der Waals surface area contributed by atoms with Crippen molar-refractivity contribution < 1.29 is 14.3 Å². The average molecular weight is 286 g/mol. The molecule has 0 atom stereocenters. The van der Waals surface area contributed by atoms with Gasteiger partial charge in [-0.25, -0.2) is 14.4 Å². The molecule has 0 radical (unpaired) electrons. The zero-order chi connectivity index (χ0) is 14.8. The highest BCUT2D eigenvalue weighted by Gasteiger charge is 2.18. The number of carbonyl (C=O) groups is 2. The number of hydrogen-bond acceptors (Lipinski definition) is 5. The van der Waals surface area contributed by atoms with E-state index in [0.717, 1.165) is 0 Å². The van der Waals surface area contributed by atoms with Gasteiger partial charge in [-0.15, -0.1) is 0 Å². The minimum absolute atomic E-state index is 0.0884. The average Bonchev–Trinajstić information content (AvgIpc) is 2.56. The summed E-state index contributed by atoms with van der Waals surface area (Å²) in [5.74, 6) is -0.618. The van der Waals surface area contributed by atoms with E-state index in [0.29, 0.717) is 0 Å². The number of esters is 1. The van der Waals surface area contributed by atoms with Gasteiger partial charge in [0.1, 0.15) is 18.5 Å². The van der Waals surface area contributed by atoms with Gasteiger partial charge in [0.25, 0.3) is 0 Å². The molecule has 1 heterocycles. The minimum atomic E-state index is -0.558. The van der Waals surface area contributed by atoms with E-state index in [9.17, 15) is 9.59 Å². The van der Waals surface area contributed by atoms with Crippen LogP contribution in [0.5, 0.6) is 0 Å². The van der Waals surface area contributed by atoms with Crippen LogP contribution in [0.2, 0.25) is 0 Å². The lowest BCUT2D eigenvalue weighted by Crippen LogP contribution is -2.34. The van der Waals surface area contributed by atoms with Crippen molar-refractivity contribution in [2.75, 3.05) is 12.1 Å². The van der Waals surface area contributed by atoms with Crippen molar-refractivity contribution in [3.05, 3.63) is 11.1 Å². The molecule has 0 bridgehead atoms. The summed E-state index contributed by atoms with van der Waals surface area (Å²) in [7, 11) is 1.57. The van der Waals surface area contributed by atoms with Gasteiger partial charge in [0.2, 0.25) is 10.7 Å². The van der Waals surface area contributed by atoms with Crippen LogP contribution >= 0.6 is 12.2 Å². The monoisotopic (exact) mass is 286 g/mol. The van der Waals surface area contributed by atoms with Crippen LogP contribution < -0.4 is 5.01 Å². The third kappa shape index (κ3) is 4.16. The molecule has 0 saturated heterocycles. The molecular formula is C11H18N4O3S. The third-order valence-corrected chi connectivity index (χ3v) is 2.59. The fourth-order valence-corrected chi connectivity index (χ4v) is 1.57. The lowest BCUT2D eigenvalue weighted by Gasteiger charge is -2.19. The van der Waals surface area contributed by atoms with Crippen LogP contribution in [0.15, 0.2) is 6.33 Å². The zero-order valence-corrected chi connectivity index (χ0v) is 12.5. The van der Waals surface area contributed by atoms with E-state index < -0.39 is 11.6 Å². The van der Waals surface area contributed by atoms with Crippen molar-refractivity contribution >= 4 is 24.1 Å². The van der Waals surface area contributed by atoms with Gasteiger partial charge in [-0.2, -0.15) is 5.10 Å². The summed E-state index contributed by atoms with van der Waals surface area (Å²) in [4.78, 5) is 22.9. The topological polar surface area (TPSA) is 69.4 Å². The number of amides is 1. The number of nitrogens with zero attached hydrogens (tertiary/aromatic N) is 4. The van der Waals surface area contributed by atoms with Crippen LogP contribution in [-0.4, -0.2) is 39.0 Å². The molecular weight excluding hydrogens is 268 g/mol. The smallest absolute Gasteiger partial charge is 0.328 e. The molecule has 0 saturated carbocycles. The summed E-state index contributed by atoms with van der Waals surface area (Å²) in [6.45, 7) is 6.67. The quantitative estimate of drug-likeness (QED) is 0.609. The number of hydrogen-bond donors (Lipinski definition) is 0. The standard InChI is InChI=1S/C11H18N4O3S/c1-8(16)13(5)15-7-12-14(10(15)19)6-9(17)18-11(2,3)4/h7H,6H2,1-5H3. The lowest BCUT2D eigenvalue weighted by molar-refractivity contribution is -0.155. The van der Waals surface area contributed by atoms with Crippen LogP contribution in [0.1, 0.15) is 27.7 Å². The second-order valence-corrected chi connectivity index (χ2v) is 5.41. The van der Waals surface area contributed by atoms with Gasteiger partial charge in [0.05, 0.1) is 0 Å². The van der Waals surface area contributed by atoms with Gasteiger partial charge < -0.3 is 4.74 Å². The highest BCUT2D eigenvalue weighted by atomic mass is 32.1. The Labute approximate surface area is 116 Å². The molecule has 0 unspecified atom stereocenters. The predicted octanol–water partition coefficient (Wildman–Crippen LogP) is 0.870. The molecule has 1 aromatic rings. The Bertz CT molecular complexity index is 541. The van der Waals surface area contributed by atoms with E-state index >= 15 is 0 Å². The number of ether oxygens (including phenoxy) is 1. The first-order valence-corrected chi connectivity index (χ1v) is 6.13. The van der Waals surface area contributed by atoms with E-state index in [1.165, 1.54) is 27.6 Å². The molecule has 0 aliphatic carbocycles. The fraction of sp³-hybridized carbons (Fsp3) is 0.636. The summed E-state index contributed by atoms with van der Waals surface area (Å²) < 4.78 is 8.13. The van der Waals surface area contributed by atoms with E-state index in [4.69, 9.17) is 17.0 Å². The molecule has 0 fully saturated rings. The van der Waals surface area contributed by atoms with Crippen LogP contribution in [0, 0.1) is 4.77 Å². The maximum atomic E-state index is 11.7. The van der Waals surface area contributed by atoms with Crippen molar-refractivity contribution in [3.63, 3.8) is 0 Å². The van der Waals surface area contributed by atoms with Crippen LogP contribution in [-0.2, 0) is 20.9 Å². The molecule has 106 valence electrons. The van der Waals surface area contributed by atoms with Crippen LogP contribution in [0.3, 0.4) is 0 Å². The minimum Gasteiger partial charge on any atom is -0.459 e. The third-order valence-electron chi connectivity index (χ3n) is 2.20. The molecule has 8 heteroatoms. The van der Waals surface area contributed by atoms with Crippen molar-refractivity contribution in [1.29, 1.82) is 0 Å². The van der Waals surface area contributed by atoms with E-state index in [-0.39, 0.29) is 17.2 Å². The summed E-state index contributed by atoms with van der Waals surface area (Å²) >= 11 is 5.14. The second kappa shape index (κ2) is 5.52. The Hall–Kier alpha value is -1.70. The van der Waals surface area contributed by atoms with Crippen molar-refractivity contribution in [1.82, 2.24) is 14.5 Å². The Morgan fingerprint density at radius 1 is 1.47 bits per heavy atom. The maximum Gasteiger partial charge on any atom is 0.328 e. The molecule has 0 N–H and O–H groups in total. The number of rotatable bonds is 3. The maximum absolute atomic E-state index is 11.7. The predicted molar refractivity (Wildman–Crippen MR) is 71.7 cm³/mol. The molecule has 7 nitrogen and oxygen atoms in total. The van der Waals surface area contributed by atoms with Gasteiger partial charge in [-0.1, -0.05) is 0 Å².